The first-order valence-corrected chi connectivity index (χ1v) is 8.72. The molecule has 0 aliphatic carbocycles. The molecule has 22 heavy (non-hydrogen) atoms. The first kappa shape index (κ1) is 20.9. The van der Waals surface area contributed by atoms with Gasteiger partial charge >= 0.3 is 11.9 Å². The fraction of sp³-hybridized carbons (Fsp3) is 0.889. The van der Waals surface area contributed by atoms with Crippen molar-refractivity contribution in [1.82, 2.24) is 0 Å². The Morgan fingerprint density at radius 1 is 0.727 bits per heavy atom. The van der Waals surface area contributed by atoms with Gasteiger partial charge in [0.1, 0.15) is 5.60 Å². The van der Waals surface area contributed by atoms with E-state index in [9.17, 15) is 9.59 Å². The second-order valence-electron chi connectivity index (χ2n) is 6.72. The zero-order valence-corrected chi connectivity index (χ0v) is 14.9. The number of carbonyl (C=O) groups is 2. The highest BCUT2D eigenvalue weighted by Gasteiger charge is 2.15. The minimum absolute atomic E-state index is 0.0790. The predicted molar refractivity (Wildman–Crippen MR) is 88.6 cm³/mol. The summed E-state index contributed by atoms with van der Waals surface area (Å²) in [6.07, 6.45) is 9.84. The van der Waals surface area contributed by atoms with Gasteiger partial charge in [-0.15, -0.1) is 0 Å². The fourth-order valence-electron chi connectivity index (χ4n) is 2.23. The Kier molecular flexibility index (Phi) is 11.9. The van der Waals surface area contributed by atoms with E-state index in [1.165, 1.54) is 25.7 Å². The first-order chi connectivity index (χ1) is 10.3. The summed E-state index contributed by atoms with van der Waals surface area (Å²) in [5.41, 5.74) is -0.374. The number of ether oxygens (including phenoxy) is 2. The molecule has 0 aromatic carbocycles. The van der Waals surface area contributed by atoms with Gasteiger partial charge in [-0.3, -0.25) is 9.59 Å². The van der Waals surface area contributed by atoms with Gasteiger partial charge in [0.05, 0.1) is 6.61 Å². The third-order valence-corrected chi connectivity index (χ3v) is 3.24. The molecule has 0 saturated heterocycles. The largest absolute Gasteiger partial charge is 0.466 e. The van der Waals surface area contributed by atoms with E-state index in [-0.39, 0.29) is 17.5 Å². The van der Waals surface area contributed by atoms with Crippen LogP contribution >= 0.6 is 0 Å². The van der Waals surface area contributed by atoms with Gasteiger partial charge in [0.25, 0.3) is 0 Å². The lowest BCUT2D eigenvalue weighted by molar-refractivity contribution is -0.155. The molecule has 0 saturated carbocycles. The van der Waals surface area contributed by atoms with E-state index in [1.807, 2.05) is 27.7 Å². The molecule has 0 fully saturated rings. The van der Waals surface area contributed by atoms with E-state index in [0.29, 0.717) is 19.4 Å². The summed E-state index contributed by atoms with van der Waals surface area (Å²) < 4.78 is 10.2. The molecule has 0 aromatic heterocycles. The Morgan fingerprint density at radius 2 is 1.14 bits per heavy atom. The Balaban J connectivity index is 3.27. The quantitative estimate of drug-likeness (QED) is 0.384. The van der Waals surface area contributed by atoms with E-state index in [0.717, 1.165) is 25.7 Å². The van der Waals surface area contributed by atoms with Gasteiger partial charge in [-0.25, -0.2) is 0 Å². The van der Waals surface area contributed by atoms with E-state index >= 15 is 0 Å². The van der Waals surface area contributed by atoms with E-state index < -0.39 is 0 Å². The molecule has 0 amide bonds. The van der Waals surface area contributed by atoms with Crippen molar-refractivity contribution in [1.29, 1.82) is 0 Å². The minimum atomic E-state index is -0.374. The lowest BCUT2D eigenvalue weighted by Crippen LogP contribution is -2.23. The summed E-state index contributed by atoms with van der Waals surface area (Å²) in [4.78, 5) is 22.6. The molecule has 0 unspecified atom stereocenters. The summed E-state index contributed by atoms with van der Waals surface area (Å²) in [5.74, 6) is -0.170. The lowest BCUT2D eigenvalue weighted by Gasteiger charge is -2.19. The molecule has 4 heteroatoms. The molecule has 0 N–H and O–H groups in total. The summed E-state index contributed by atoms with van der Waals surface area (Å²) >= 11 is 0. The summed E-state index contributed by atoms with van der Waals surface area (Å²) in [5, 5.41) is 0. The molecule has 4 nitrogen and oxygen atoms in total. The van der Waals surface area contributed by atoms with Gasteiger partial charge in [-0.2, -0.15) is 0 Å². The Hall–Kier alpha value is -1.06. The highest BCUT2D eigenvalue weighted by molar-refractivity contribution is 5.69. The first-order valence-electron chi connectivity index (χ1n) is 8.72. The van der Waals surface area contributed by atoms with Crippen LogP contribution in [0.5, 0.6) is 0 Å². The maximum atomic E-state index is 11.5. The molecule has 0 rings (SSSR count). The van der Waals surface area contributed by atoms with Crippen molar-refractivity contribution in [2.45, 2.75) is 97.5 Å². The van der Waals surface area contributed by atoms with Crippen molar-refractivity contribution in [2.75, 3.05) is 6.61 Å². The van der Waals surface area contributed by atoms with Crippen molar-refractivity contribution < 1.29 is 19.1 Å². The number of hydrogen-bond acceptors (Lipinski definition) is 4. The van der Waals surface area contributed by atoms with Crippen molar-refractivity contribution in [3.8, 4) is 0 Å². The number of unbranched alkanes of at least 4 members (excludes halogenated alkanes) is 7. The summed E-state index contributed by atoms with van der Waals surface area (Å²) in [6, 6.07) is 0. The number of esters is 2. The van der Waals surface area contributed by atoms with Gasteiger partial charge < -0.3 is 9.47 Å². The monoisotopic (exact) mass is 314 g/mol. The molecule has 130 valence electrons. The molecular formula is C18H34O4. The van der Waals surface area contributed by atoms with Crippen LogP contribution in [0.1, 0.15) is 91.9 Å². The molecule has 0 atom stereocenters. The van der Waals surface area contributed by atoms with Crippen LogP contribution in [0.2, 0.25) is 0 Å². The smallest absolute Gasteiger partial charge is 0.306 e. The minimum Gasteiger partial charge on any atom is -0.466 e. The molecule has 0 aromatic rings. The molecule has 0 aliphatic heterocycles. The topological polar surface area (TPSA) is 52.6 Å². The predicted octanol–water partition coefficient (Wildman–Crippen LogP) is 4.79. The van der Waals surface area contributed by atoms with Crippen molar-refractivity contribution >= 4 is 11.9 Å². The van der Waals surface area contributed by atoms with E-state index in [1.54, 1.807) is 0 Å². The van der Waals surface area contributed by atoms with Gasteiger partial charge in [-0.1, -0.05) is 38.5 Å². The third-order valence-electron chi connectivity index (χ3n) is 3.24. The van der Waals surface area contributed by atoms with Crippen molar-refractivity contribution in [2.24, 2.45) is 0 Å². The van der Waals surface area contributed by atoms with Crippen LogP contribution in [0.15, 0.2) is 0 Å². The van der Waals surface area contributed by atoms with Gasteiger partial charge in [0.15, 0.2) is 0 Å². The summed E-state index contributed by atoms with van der Waals surface area (Å²) in [7, 11) is 0. The zero-order valence-electron chi connectivity index (χ0n) is 14.9. The number of rotatable bonds is 12. The maximum absolute atomic E-state index is 11.5. The van der Waals surface area contributed by atoms with Crippen LogP contribution in [-0.4, -0.2) is 24.1 Å². The maximum Gasteiger partial charge on any atom is 0.306 e. The second kappa shape index (κ2) is 12.5. The van der Waals surface area contributed by atoms with E-state index in [4.69, 9.17) is 9.47 Å². The van der Waals surface area contributed by atoms with E-state index in [2.05, 4.69) is 0 Å². The average Bonchev–Trinajstić information content (AvgIpc) is 2.39. The number of hydrogen-bond donors (Lipinski definition) is 0. The Labute approximate surface area is 135 Å². The van der Waals surface area contributed by atoms with Crippen LogP contribution in [-0.2, 0) is 19.1 Å². The Bertz CT molecular complexity index is 305. The fourth-order valence-corrected chi connectivity index (χ4v) is 2.23. The zero-order chi connectivity index (χ0) is 16.8. The van der Waals surface area contributed by atoms with Crippen LogP contribution in [0.25, 0.3) is 0 Å². The van der Waals surface area contributed by atoms with Gasteiger partial charge in [-0.05, 0) is 40.5 Å². The lowest BCUT2D eigenvalue weighted by atomic mass is 10.1. The van der Waals surface area contributed by atoms with Crippen LogP contribution in [0.3, 0.4) is 0 Å². The Morgan fingerprint density at radius 3 is 1.55 bits per heavy atom. The standard InChI is InChI=1S/C18H34O4/c1-5-21-16(19)14-12-10-8-6-7-9-11-13-15-17(20)22-18(2,3)4/h5-15H2,1-4H3. The highest BCUT2D eigenvalue weighted by atomic mass is 16.6. The SMILES string of the molecule is CCOC(=O)CCCCCCCCCCC(=O)OC(C)(C)C. The van der Waals surface area contributed by atoms with Gasteiger partial charge in [0, 0.05) is 12.8 Å². The second-order valence-corrected chi connectivity index (χ2v) is 6.72. The molecular weight excluding hydrogens is 280 g/mol. The van der Waals surface area contributed by atoms with Crippen molar-refractivity contribution in [3.05, 3.63) is 0 Å². The average molecular weight is 314 g/mol. The highest BCUT2D eigenvalue weighted by Crippen LogP contribution is 2.13. The normalized spacial score (nSPS) is 11.3. The van der Waals surface area contributed by atoms with Crippen molar-refractivity contribution in [3.63, 3.8) is 0 Å². The summed E-state index contributed by atoms with van der Waals surface area (Å²) in [6.45, 7) is 8.00. The molecule has 0 aliphatic rings. The van der Waals surface area contributed by atoms with Crippen LogP contribution in [0, 0.1) is 0 Å². The number of carbonyl (C=O) groups excluding carboxylic acids is 2. The molecule has 0 heterocycles. The third kappa shape index (κ3) is 15.3. The molecule has 0 bridgehead atoms. The van der Waals surface area contributed by atoms with Crippen LogP contribution < -0.4 is 0 Å². The van der Waals surface area contributed by atoms with Gasteiger partial charge in [0.2, 0.25) is 0 Å². The van der Waals surface area contributed by atoms with Crippen LogP contribution in [0.4, 0.5) is 0 Å². The molecule has 0 spiro atoms. The molecule has 0 radical (unpaired) electrons.